The molecule has 0 fully saturated rings. The molecule has 0 amide bonds. The van der Waals surface area contributed by atoms with Crippen LogP contribution >= 0.6 is 0 Å². The zero-order valence-electron chi connectivity index (χ0n) is 14.2. The van der Waals surface area contributed by atoms with Crippen LogP contribution in [0.15, 0.2) is 54.6 Å². The first-order valence-corrected chi connectivity index (χ1v) is 7.94. The van der Waals surface area contributed by atoms with Crippen molar-refractivity contribution in [1.82, 2.24) is 9.97 Å². The lowest BCUT2D eigenvalue weighted by Gasteiger charge is -2.12. The minimum absolute atomic E-state index is 0.306. The fourth-order valence-electron chi connectivity index (χ4n) is 2.41. The highest BCUT2D eigenvalue weighted by atomic mass is 19.4. The molecule has 3 aromatic rings. The fraction of sp³-hybridized carbons (Fsp3) is 0.158. The van der Waals surface area contributed by atoms with Crippen LogP contribution in [0.2, 0.25) is 0 Å². The van der Waals surface area contributed by atoms with Crippen molar-refractivity contribution in [3.8, 4) is 0 Å². The topological polar surface area (TPSA) is 49.8 Å². The molecule has 2 aromatic carbocycles. The summed E-state index contributed by atoms with van der Waals surface area (Å²) in [5.74, 6) is 0.905. The average molecular weight is 358 g/mol. The van der Waals surface area contributed by atoms with Gasteiger partial charge in [0.2, 0.25) is 5.95 Å². The van der Waals surface area contributed by atoms with E-state index in [-0.39, 0.29) is 0 Å². The number of alkyl halides is 3. The van der Waals surface area contributed by atoms with E-state index in [0.29, 0.717) is 17.5 Å². The van der Waals surface area contributed by atoms with Gasteiger partial charge in [0.25, 0.3) is 0 Å². The monoisotopic (exact) mass is 358 g/mol. The summed E-state index contributed by atoms with van der Waals surface area (Å²) in [6, 6.07) is 14.3. The zero-order chi connectivity index (χ0) is 18.7. The van der Waals surface area contributed by atoms with Gasteiger partial charge in [-0.3, -0.25) is 0 Å². The first kappa shape index (κ1) is 17.7. The molecule has 26 heavy (non-hydrogen) atoms. The molecule has 2 N–H and O–H groups in total. The Balaban J connectivity index is 1.80. The Bertz CT molecular complexity index is 905. The van der Waals surface area contributed by atoms with E-state index in [0.717, 1.165) is 29.1 Å². The molecule has 0 spiro atoms. The van der Waals surface area contributed by atoms with Crippen LogP contribution in [0.1, 0.15) is 16.8 Å². The second-order valence-corrected chi connectivity index (χ2v) is 5.86. The van der Waals surface area contributed by atoms with Gasteiger partial charge in [0.05, 0.1) is 5.56 Å². The number of aryl methyl sites for hydroxylation is 2. The van der Waals surface area contributed by atoms with Crippen molar-refractivity contribution in [1.29, 1.82) is 0 Å². The molecule has 0 saturated heterocycles. The predicted octanol–water partition coefficient (Wildman–Crippen LogP) is 5.60. The highest BCUT2D eigenvalue weighted by Crippen LogP contribution is 2.30. The number of anilines is 4. The van der Waals surface area contributed by atoms with Crippen molar-refractivity contribution in [2.24, 2.45) is 0 Å². The lowest BCUT2D eigenvalue weighted by molar-refractivity contribution is -0.137. The normalized spacial score (nSPS) is 11.3. The Morgan fingerprint density at radius 2 is 1.54 bits per heavy atom. The number of hydrogen-bond donors (Lipinski definition) is 2. The van der Waals surface area contributed by atoms with E-state index in [1.54, 1.807) is 6.07 Å². The molecule has 4 nitrogen and oxygen atoms in total. The smallest absolute Gasteiger partial charge is 0.340 e. The maximum absolute atomic E-state index is 12.6. The molecular formula is C19H17F3N4. The van der Waals surface area contributed by atoms with E-state index < -0.39 is 11.7 Å². The maximum atomic E-state index is 12.6. The molecule has 0 radical (unpaired) electrons. The molecule has 134 valence electrons. The van der Waals surface area contributed by atoms with Gasteiger partial charge in [0.15, 0.2) is 0 Å². The second kappa shape index (κ2) is 7.03. The van der Waals surface area contributed by atoms with E-state index in [9.17, 15) is 13.2 Å². The Labute approximate surface area is 149 Å². The first-order valence-electron chi connectivity index (χ1n) is 7.94. The molecule has 0 bridgehead atoms. The lowest BCUT2D eigenvalue weighted by Crippen LogP contribution is -2.05. The van der Waals surface area contributed by atoms with E-state index >= 15 is 0 Å². The number of rotatable bonds is 4. The highest BCUT2D eigenvalue weighted by molar-refractivity contribution is 5.62. The number of nitrogens with zero attached hydrogens (tertiary/aromatic N) is 2. The summed E-state index contributed by atoms with van der Waals surface area (Å²) in [6.07, 6.45) is -4.36. The molecule has 7 heteroatoms. The van der Waals surface area contributed by atoms with Crippen LogP contribution in [-0.4, -0.2) is 9.97 Å². The van der Waals surface area contributed by atoms with Crippen LogP contribution < -0.4 is 10.6 Å². The molecule has 0 aliphatic rings. The van der Waals surface area contributed by atoms with Crippen molar-refractivity contribution in [3.05, 3.63) is 71.4 Å². The van der Waals surface area contributed by atoms with E-state index in [2.05, 4.69) is 20.6 Å². The van der Waals surface area contributed by atoms with Crippen LogP contribution in [-0.2, 0) is 6.18 Å². The summed E-state index contributed by atoms with van der Waals surface area (Å²) in [5, 5.41) is 6.16. The van der Waals surface area contributed by atoms with Crippen LogP contribution in [0.4, 0.5) is 36.3 Å². The SMILES string of the molecule is Cc1cc(Nc2ccccc2C)nc(Nc2ccc(C(F)(F)F)cc2)n1. The summed E-state index contributed by atoms with van der Waals surface area (Å²) in [6.45, 7) is 3.81. The first-order chi connectivity index (χ1) is 12.3. The number of aromatic nitrogens is 2. The van der Waals surface area contributed by atoms with Gasteiger partial charge in [-0.1, -0.05) is 18.2 Å². The van der Waals surface area contributed by atoms with Crippen LogP contribution in [0, 0.1) is 13.8 Å². The summed E-state index contributed by atoms with van der Waals surface area (Å²) in [4.78, 5) is 8.66. The molecule has 0 atom stereocenters. The van der Waals surface area contributed by atoms with Crippen molar-refractivity contribution in [2.45, 2.75) is 20.0 Å². The number of para-hydroxylation sites is 1. The van der Waals surface area contributed by atoms with E-state index in [1.807, 2.05) is 38.1 Å². The van der Waals surface area contributed by atoms with Gasteiger partial charge in [0.1, 0.15) is 5.82 Å². The van der Waals surface area contributed by atoms with Gasteiger partial charge in [-0.05, 0) is 49.7 Å². The molecule has 1 heterocycles. The molecule has 1 aromatic heterocycles. The van der Waals surface area contributed by atoms with Gasteiger partial charge in [0, 0.05) is 23.1 Å². The quantitative estimate of drug-likeness (QED) is 0.637. The lowest BCUT2D eigenvalue weighted by atomic mass is 10.2. The molecule has 3 rings (SSSR count). The number of benzene rings is 2. The van der Waals surface area contributed by atoms with E-state index in [4.69, 9.17) is 0 Å². The van der Waals surface area contributed by atoms with Crippen molar-refractivity contribution >= 4 is 23.1 Å². The van der Waals surface area contributed by atoms with Gasteiger partial charge in [-0.15, -0.1) is 0 Å². The van der Waals surface area contributed by atoms with Gasteiger partial charge < -0.3 is 10.6 Å². The standard InChI is InChI=1S/C19H17F3N4/c1-12-5-3-4-6-16(12)25-17-11-13(2)23-18(26-17)24-15-9-7-14(8-10-15)19(20,21)22/h3-11H,1-2H3,(H2,23,24,25,26). The van der Waals surface area contributed by atoms with Crippen molar-refractivity contribution in [3.63, 3.8) is 0 Å². The third-order valence-electron chi connectivity index (χ3n) is 3.73. The van der Waals surface area contributed by atoms with Gasteiger partial charge in [-0.2, -0.15) is 18.2 Å². The number of nitrogens with one attached hydrogen (secondary N) is 2. The molecule has 0 saturated carbocycles. The average Bonchev–Trinajstić information content (AvgIpc) is 2.56. The van der Waals surface area contributed by atoms with Crippen molar-refractivity contribution < 1.29 is 13.2 Å². The van der Waals surface area contributed by atoms with Crippen molar-refractivity contribution in [2.75, 3.05) is 10.6 Å². The maximum Gasteiger partial charge on any atom is 0.416 e. The molecule has 0 unspecified atom stereocenters. The Morgan fingerprint density at radius 3 is 2.19 bits per heavy atom. The third-order valence-corrected chi connectivity index (χ3v) is 3.73. The molecular weight excluding hydrogens is 341 g/mol. The molecule has 0 aliphatic heterocycles. The number of halogens is 3. The minimum Gasteiger partial charge on any atom is -0.340 e. The summed E-state index contributed by atoms with van der Waals surface area (Å²) in [5.41, 5.74) is 2.50. The summed E-state index contributed by atoms with van der Waals surface area (Å²) in [7, 11) is 0. The largest absolute Gasteiger partial charge is 0.416 e. The van der Waals surface area contributed by atoms with Crippen LogP contribution in [0.5, 0.6) is 0 Å². The minimum atomic E-state index is -4.36. The second-order valence-electron chi connectivity index (χ2n) is 5.86. The van der Waals surface area contributed by atoms with Crippen LogP contribution in [0.3, 0.4) is 0 Å². The third kappa shape index (κ3) is 4.30. The summed E-state index contributed by atoms with van der Waals surface area (Å²) < 4.78 is 37.9. The van der Waals surface area contributed by atoms with Gasteiger partial charge in [-0.25, -0.2) is 4.98 Å². The van der Waals surface area contributed by atoms with E-state index in [1.165, 1.54) is 12.1 Å². The zero-order valence-corrected chi connectivity index (χ0v) is 14.2. The fourth-order valence-corrected chi connectivity index (χ4v) is 2.41. The van der Waals surface area contributed by atoms with Crippen LogP contribution in [0.25, 0.3) is 0 Å². The Morgan fingerprint density at radius 1 is 0.846 bits per heavy atom. The number of hydrogen-bond acceptors (Lipinski definition) is 4. The Kier molecular flexibility index (Phi) is 4.79. The highest BCUT2D eigenvalue weighted by Gasteiger charge is 2.29. The summed E-state index contributed by atoms with van der Waals surface area (Å²) >= 11 is 0. The predicted molar refractivity (Wildman–Crippen MR) is 96.0 cm³/mol. The molecule has 0 aliphatic carbocycles. The Hall–Kier alpha value is -3.09. The van der Waals surface area contributed by atoms with Gasteiger partial charge >= 0.3 is 6.18 Å².